The van der Waals surface area contributed by atoms with Gasteiger partial charge in [0.15, 0.2) is 0 Å². The molecule has 1 N–H and O–H groups in total. The summed E-state index contributed by atoms with van der Waals surface area (Å²) in [5, 5.41) is 3.05. The average Bonchev–Trinajstić information content (AvgIpc) is 3.37. The lowest BCUT2D eigenvalue weighted by atomic mass is 9.96. The third-order valence-electron chi connectivity index (χ3n) is 5.21. The van der Waals surface area contributed by atoms with Crippen molar-refractivity contribution in [3.05, 3.63) is 36.2 Å². The van der Waals surface area contributed by atoms with Crippen LogP contribution in [0.15, 0.2) is 24.8 Å². The first-order valence-electron chi connectivity index (χ1n) is 9.60. The van der Waals surface area contributed by atoms with Crippen LogP contribution in [0, 0.1) is 5.92 Å². The van der Waals surface area contributed by atoms with Crippen LogP contribution in [0.4, 0.5) is 5.95 Å². The van der Waals surface area contributed by atoms with E-state index in [0.29, 0.717) is 17.4 Å². The lowest BCUT2D eigenvalue weighted by Gasteiger charge is -2.32. The number of aromatic nitrogens is 4. The summed E-state index contributed by atoms with van der Waals surface area (Å²) in [6.45, 7) is 5.32. The highest BCUT2D eigenvalue weighted by atomic mass is 16.2. The summed E-state index contributed by atoms with van der Waals surface area (Å²) >= 11 is 0. The molecule has 2 aromatic heterocycles. The van der Waals surface area contributed by atoms with Crippen LogP contribution in [0.3, 0.4) is 0 Å². The largest absolute Gasteiger partial charge is 0.355 e. The summed E-state index contributed by atoms with van der Waals surface area (Å²) in [5.41, 5.74) is 0.550. The lowest BCUT2D eigenvalue weighted by molar-refractivity contribution is 0.0702. The predicted molar refractivity (Wildman–Crippen MR) is 99.0 cm³/mol. The van der Waals surface area contributed by atoms with Crippen molar-refractivity contribution in [1.29, 1.82) is 0 Å². The van der Waals surface area contributed by atoms with Crippen molar-refractivity contribution in [3.8, 4) is 0 Å². The van der Waals surface area contributed by atoms with Crippen molar-refractivity contribution >= 4 is 11.9 Å². The number of carbonyl (C=O) groups excluding carboxylic acids is 1. The van der Waals surface area contributed by atoms with Crippen LogP contribution in [-0.4, -0.2) is 50.0 Å². The van der Waals surface area contributed by atoms with Crippen molar-refractivity contribution in [3.63, 3.8) is 0 Å². The highest BCUT2D eigenvalue weighted by Crippen LogP contribution is 2.33. The fourth-order valence-corrected chi connectivity index (χ4v) is 3.66. The van der Waals surface area contributed by atoms with Crippen LogP contribution in [0.2, 0.25) is 0 Å². The molecule has 2 fully saturated rings. The zero-order chi connectivity index (χ0) is 17.9. The number of hydrogen-bond acceptors (Lipinski definition) is 5. The summed E-state index contributed by atoms with van der Waals surface area (Å²) in [6.07, 6.45) is 12.0. The van der Waals surface area contributed by atoms with E-state index in [2.05, 4.69) is 31.0 Å². The maximum atomic E-state index is 12.9. The van der Waals surface area contributed by atoms with Gasteiger partial charge in [-0.25, -0.2) is 15.0 Å². The number of anilines is 1. The number of nitrogens with zero attached hydrogens (tertiary/aromatic N) is 5. The molecular weight excluding hydrogens is 328 g/mol. The molecular formula is C19H26N6O. The quantitative estimate of drug-likeness (QED) is 0.863. The van der Waals surface area contributed by atoms with Crippen molar-refractivity contribution < 1.29 is 4.79 Å². The van der Waals surface area contributed by atoms with E-state index in [1.165, 1.54) is 12.8 Å². The number of amides is 1. The Morgan fingerprint density at radius 1 is 1.23 bits per heavy atom. The first-order valence-corrected chi connectivity index (χ1v) is 9.60. The molecule has 2 aromatic rings. The maximum Gasteiger partial charge on any atom is 0.257 e. The fourth-order valence-electron chi connectivity index (χ4n) is 3.66. The van der Waals surface area contributed by atoms with Gasteiger partial charge >= 0.3 is 0 Å². The Hall–Kier alpha value is -2.44. The normalized spacial score (nSPS) is 20.2. The van der Waals surface area contributed by atoms with Gasteiger partial charge in [0.25, 0.3) is 5.91 Å². The van der Waals surface area contributed by atoms with E-state index in [1.807, 2.05) is 18.0 Å². The molecule has 2 aliphatic rings. The average molecular weight is 354 g/mol. The highest BCUT2D eigenvalue weighted by Gasteiger charge is 2.30. The fraction of sp³-hybridized carbons (Fsp3) is 0.579. The van der Waals surface area contributed by atoms with Crippen LogP contribution in [0.25, 0.3) is 0 Å². The molecule has 0 spiro atoms. The number of imidazole rings is 1. The SMILES string of the molecule is CCNc1ncc(C(=O)N2CCCC(c3nccn3CC3CC3)C2)cn1. The molecule has 1 saturated carbocycles. The molecule has 1 saturated heterocycles. The van der Waals surface area contributed by atoms with Gasteiger partial charge in [0.05, 0.1) is 5.56 Å². The molecule has 7 heteroatoms. The summed E-state index contributed by atoms with van der Waals surface area (Å²) in [7, 11) is 0. The van der Waals surface area contributed by atoms with Gasteiger partial charge in [-0.3, -0.25) is 4.79 Å². The first-order chi connectivity index (χ1) is 12.7. The van der Waals surface area contributed by atoms with Gasteiger partial charge in [-0.2, -0.15) is 0 Å². The lowest BCUT2D eigenvalue weighted by Crippen LogP contribution is -2.40. The van der Waals surface area contributed by atoms with Gasteiger partial charge < -0.3 is 14.8 Å². The minimum atomic E-state index is 0.0121. The summed E-state index contributed by atoms with van der Waals surface area (Å²) in [5.74, 6) is 2.83. The third-order valence-corrected chi connectivity index (χ3v) is 5.21. The van der Waals surface area contributed by atoms with Crippen molar-refractivity contribution in [1.82, 2.24) is 24.4 Å². The molecule has 0 aromatic carbocycles. The third kappa shape index (κ3) is 3.71. The van der Waals surface area contributed by atoms with Crippen LogP contribution in [0.1, 0.15) is 54.7 Å². The summed E-state index contributed by atoms with van der Waals surface area (Å²) in [6, 6.07) is 0. The van der Waals surface area contributed by atoms with Gasteiger partial charge in [-0.1, -0.05) is 0 Å². The molecule has 138 valence electrons. The topological polar surface area (TPSA) is 75.9 Å². The second-order valence-electron chi connectivity index (χ2n) is 7.30. The molecule has 1 amide bonds. The Balaban J connectivity index is 1.44. The minimum Gasteiger partial charge on any atom is -0.355 e. The molecule has 1 aliphatic carbocycles. The molecule has 1 aliphatic heterocycles. The summed E-state index contributed by atoms with van der Waals surface area (Å²) in [4.78, 5) is 27.8. The Bertz CT molecular complexity index is 752. The van der Waals surface area contributed by atoms with Gasteiger partial charge in [0.2, 0.25) is 5.95 Å². The van der Waals surface area contributed by atoms with Crippen LogP contribution in [-0.2, 0) is 6.54 Å². The van der Waals surface area contributed by atoms with E-state index < -0.39 is 0 Å². The van der Waals surface area contributed by atoms with Gasteiger partial charge in [0, 0.05) is 56.9 Å². The van der Waals surface area contributed by atoms with Crippen molar-refractivity contribution in [2.45, 2.75) is 45.1 Å². The van der Waals surface area contributed by atoms with E-state index in [4.69, 9.17) is 0 Å². The molecule has 0 radical (unpaired) electrons. The van der Waals surface area contributed by atoms with Gasteiger partial charge in [0.1, 0.15) is 5.82 Å². The smallest absolute Gasteiger partial charge is 0.257 e. The Labute approximate surface area is 153 Å². The summed E-state index contributed by atoms with van der Waals surface area (Å²) < 4.78 is 2.30. The molecule has 26 heavy (non-hydrogen) atoms. The van der Waals surface area contributed by atoms with E-state index in [-0.39, 0.29) is 5.91 Å². The van der Waals surface area contributed by atoms with Crippen LogP contribution in [0.5, 0.6) is 0 Å². The van der Waals surface area contributed by atoms with E-state index >= 15 is 0 Å². The number of rotatable bonds is 6. The second-order valence-corrected chi connectivity index (χ2v) is 7.30. The second kappa shape index (κ2) is 7.43. The molecule has 3 heterocycles. The first kappa shape index (κ1) is 17.0. The van der Waals surface area contributed by atoms with E-state index in [0.717, 1.165) is 50.8 Å². The number of piperidine rings is 1. The number of nitrogens with one attached hydrogen (secondary N) is 1. The maximum absolute atomic E-state index is 12.9. The Kier molecular flexibility index (Phi) is 4.86. The molecule has 7 nitrogen and oxygen atoms in total. The zero-order valence-electron chi connectivity index (χ0n) is 15.3. The zero-order valence-corrected chi connectivity index (χ0v) is 15.3. The minimum absolute atomic E-state index is 0.0121. The molecule has 1 atom stereocenters. The molecule has 0 bridgehead atoms. The van der Waals surface area contributed by atoms with Gasteiger partial charge in [-0.05, 0) is 38.5 Å². The highest BCUT2D eigenvalue weighted by molar-refractivity contribution is 5.93. The van der Waals surface area contributed by atoms with E-state index in [9.17, 15) is 4.79 Å². The van der Waals surface area contributed by atoms with Crippen LogP contribution >= 0.6 is 0 Å². The molecule has 4 rings (SSSR count). The van der Waals surface area contributed by atoms with E-state index in [1.54, 1.807) is 12.4 Å². The Morgan fingerprint density at radius 2 is 2.04 bits per heavy atom. The predicted octanol–water partition coefficient (Wildman–Crippen LogP) is 2.53. The monoisotopic (exact) mass is 354 g/mol. The Morgan fingerprint density at radius 3 is 2.77 bits per heavy atom. The number of likely N-dealkylation sites (tertiary alicyclic amines) is 1. The molecule has 1 unspecified atom stereocenters. The standard InChI is InChI=1S/C19H26N6O/c1-2-20-19-22-10-16(11-23-19)18(26)25-8-3-4-15(13-25)17-21-7-9-24(17)12-14-5-6-14/h7,9-11,14-15H,2-6,8,12-13H2,1H3,(H,20,22,23). The number of hydrogen-bond donors (Lipinski definition) is 1. The van der Waals surface area contributed by atoms with Crippen LogP contribution < -0.4 is 5.32 Å². The van der Waals surface area contributed by atoms with Gasteiger partial charge in [-0.15, -0.1) is 0 Å². The van der Waals surface area contributed by atoms with Crippen molar-refractivity contribution in [2.24, 2.45) is 5.92 Å². The van der Waals surface area contributed by atoms with Crippen molar-refractivity contribution in [2.75, 3.05) is 25.0 Å². The number of carbonyl (C=O) groups is 1.